The van der Waals surface area contributed by atoms with E-state index >= 15 is 0 Å². The molecule has 0 saturated carbocycles. The molecule has 1 aliphatic rings. The van der Waals surface area contributed by atoms with Crippen LogP contribution in [0.1, 0.15) is 24.5 Å². The van der Waals surface area contributed by atoms with Crippen molar-refractivity contribution in [1.29, 1.82) is 0 Å². The molecule has 17 heavy (non-hydrogen) atoms. The van der Waals surface area contributed by atoms with E-state index in [1.54, 1.807) is 0 Å². The van der Waals surface area contributed by atoms with E-state index in [2.05, 4.69) is 5.32 Å². The van der Waals surface area contributed by atoms with Gasteiger partial charge in [-0.1, -0.05) is 0 Å². The molecule has 0 spiro atoms. The topological polar surface area (TPSA) is 29.1 Å². The Hall–Kier alpha value is -1.71. The van der Waals surface area contributed by atoms with Gasteiger partial charge in [0.05, 0.1) is 0 Å². The third-order valence-corrected chi connectivity index (χ3v) is 2.81. The molecule has 2 nitrogen and oxygen atoms in total. The molecule has 1 aromatic rings. The third-order valence-electron chi connectivity index (χ3n) is 2.81. The van der Waals surface area contributed by atoms with E-state index in [1.165, 1.54) is 12.1 Å². The van der Waals surface area contributed by atoms with E-state index in [4.69, 9.17) is 0 Å². The fourth-order valence-corrected chi connectivity index (χ4v) is 2.07. The van der Waals surface area contributed by atoms with Crippen molar-refractivity contribution in [2.24, 2.45) is 0 Å². The molecule has 1 aromatic carbocycles. The molecular formula is C13H13F2NO. The van der Waals surface area contributed by atoms with Gasteiger partial charge < -0.3 is 5.32 Å². The average Bonchev–Trinajstić information content (AvgIpc) is 2.62. The van der Waals surface area contributed by atoms with E-state index in [0.717, 1.165) is 6.07 Å². The number of carbonyl (C=O) groups is 1. The smallest absolute Gasteiger partial charge is 0.244 e. The van der Waals surface area contributed by atoms with Crippen LogP contribution in [-0.2, 0) is 11.2 Å². The molecule has 0 aliphatic heterocycles. The second kappa shape index (κ2) is 4.65. The number of hydrogen-bond donors (Lipinski definition) is 1. The van der Waals surface area contributed by atoms with Gasteiger partial charge >= 0.3 is 0 Å². The summed E-state index contributed by atoms with van der Waals surface area (Å²) in [6.07, 6.45) is 2.52. The largest absolute Gasteiger partial charge is 0.353 e. The minimum Gasteiger partial charge on any atom is -0.353 e. The van der Waals surface area contributed by atoms with Crippen molar-refractivity contribution in [1.82, 2.24) is 5.32 Å². The van der Waals surface area contributed by atoms with Crippen LogP contribution >= 0.6 is 0 Å². The maximum Gasteiger partial charge on any atom is 0.244 e. The first-order valence-electron chi connectivity index (χ1n) is 5.58. The number of amides is 1. The van der Waals surface area contributed by atoms with Crippen molar-refractivity contribution in [3.8, 4) is 0 Å². The van der Waals surface area contributed by atoms with Crippen LogP contribution in [0.3, 0.4) is 0 Å². The average molecular weight is 237 g/mol. The molecule has 2 rings (SSSR count). The summed E-state index contributed by atoms with van der Waals surface area (Å²) in [6, 6.07) is 2.17. The summed E-state index contributed by atoms with van der Waals surface area (Å²) in [5, 5.41) is 2.63. The van der Waals surface area contributed by atoms with Crippen LogP contribution in [0.5, 0.6) is 0 Å². The molecule has 0 heterocycles. The maximum atomic E-state index is 13.4. The van der Waals surface area contributed by atoms with Gasteiger partial charge in [0.1, 0.15) is 11.6 Å². The monoisotopic (exact) mass is 237 g/mol. The molecule has 0 saturated heterocycles. The number of likely N-dealkylation sites (N-methyl/N-ethyl adjacent to an activating group) is 1. The predicted octanol–water partition coefficient (Wildman–Crippen LogP) is 2.43. The highest BCUT2D eigenvalue weighted by atomic mass is 19.1. The molecule has 0 bridgehead atoms. The quantitative estimate of drug-likeness (QED) is 0.786. The maximum absolute atomic E-state index is 13.4. The minimum absolute atomic E-state index is 0.222. The number of fused-ring (bicyclic) bond motifs is 1. The lowest BCUT2D eigenvalue weighted by molar-refractivity contribution is -0.116. The van der Waals surface area contributed by atoms with Gasteiger partial charge in [-0.15, -0.1) is 0 Å². The van der Waals surface area contributed by atoms with Crippen molar-refractivity contribution < 1.29 is 13.6 Å². The fourth-order valence-electron chi connectivity index (χ4n) is 2.07. The lowest BCUT2D eigenvalue weighted by Crippen LogP contribution is -2.20. The standard InChI is InChI=1S/C13H13F2NO/c1-2-16-13(17)5-8-3-4-10-11(8)6-9(14)7-12(10)15/h5-7H,2-4H2,1H3,(H,16,17)/b8-5+. The number of hydrogen-bond acceptors (Lipinski definition) is 1. The SMILES string of the molecule is CCNC(=O)/C=C1\CCc2c(F)cc(F)cc21. The second-order valence-electron chi connectivity index (χ2n) is 3.98. The molecule has 90 valence electrons. The van der Waals surface area contributed by atoms with Crippen molar-refractivity contribution in [3.63, 3.8) is 0 Å². The molecule has 1 amide bonds. The Bertz CT molecular complexity index is 494. The highest BCUT2D eigenvalue weighted by molar-refractivity contribution is 5.96. The fraction of sp³-hybridized carbons (Fsp3) is 0.308. The van der Waals surface area contributed by atoms with Crippen LogP contribution in [0.15, 0.2) is 18.2 Å². The first kappa shape index (κ1) is 11.8. The first-order chi connectivity index (χ1) is 8.11. The summed E-state index contributed by atoms with van der Waals surface area (Å²) < 4.78 is 26.6. The Balaban J connectivity index is 2.36. The zero-order valence-electron chi connectivity index (χ0n) is 9.52. The Morgan fingerprint density at radius 2 is 2.18 bits per heavy atom. The molecule has 4 heteroatoms. The van der Waals surface area contributed by atoms with Gasteiger partial charge in [-0.25, -0.2) is 8.78 Å². The Morgan fingerprint density at radius 1 is 1.41 bits per heavy atom. The van der Waals surface area contributed by atoms with Crippen LogP contribution in [0.4, 0.5) is 8.78 Å². The van der Waals surface area contributed by atoms with Crippen LogP contribution in [-0.4, -0.2) is 12.5 Å². The van der Waals surface area contributed by atoms with E-state index in [0.29, 0.717) is 36.1 Å². The molecule has 0 unspecified atom stereocenters. The van der Waals surface area contributed by atoms with Crippen molar-refractivity contribution >= 4 is 11.5 Å². The number of carbonyl (C=O) groups excluding carboxylic acids is 1. The third kappa shape index (κ3) is 2.35. The van der Waals surface area contributed by atoms with Crippen molar-refractivity contribution in [3.05, 3.63) is 41.0 Å². The van der Waals surface area contributed by atoms with E-state index in [-0.39, 0.29) is 5.91 Å². The number of benzene rings is 1. The zero-order chi connectivity index (χ0) is 12.4. The van der Waals surface area contributed by atoms with Crippen molar-refractivity contribution in [2.75, 3.05) is 6.54 Å². The lowest BCUT2D eigenvalue weighted by Gasteiger charge is -2.03. The van der Waals surface area contributed by atoms with Gasteiger partial charge in [-0.05, 0) is 42.5 Å². The number of allylic oxidation sites excluding steroid dienone is 1. The number of rotatable bonds is 2. The minimum atomic E-state index is -0.607. The number of halogens is 2. The summed E-state index contributed by atoms with van der Waals surface area (Å²) in [7, 11) is 0. The zero-order valence-corrected chi connectivity index (χ0v) is 9.52. The first-order valence-corrected chi connectivity index (χ1v) is 5.58. The summed E-state index contributed by atoms with van der Waals surface area (Å²) in [6.45, 7) is 2.35. The molecule has 0 fully saturated rings. The van der Waals surface area contributed by atoms with Gasteiger partial charge in [-0.3, -0.25) is 4.79 Å². The highest BCUT2D eigenvalue weighted by Gasteiger charge is 2.21. The summed E-state index contributed by atoms with van der Waals surface area (Å²) in [4.78, 5) is 11.4. The van der Waals surface area contributed by atoms with Crippen molar-refractivity contribution in [2.45, 2.75) is 19.8 Å². The van der Waals surface area contributed by atoms with Gasteiger partial charge in [0.15, 0.2) is 0 Å². The van der Waals surface area contributed by atoms with E-state index in [9.17, 15) is 13.6 Å². The van der Waals surface area contributed by atoms with Gasteiger partial charge in [0.25, 0.3) is 0 Å². The molecule has 0 atom stereocenters. The lowest BCUT2D eigenvalue weighted by atomic mass is 10.1. The highest BCUT2D eigenvalue weighted by Crippen LogP contribution is 2.34. The van der Waals surface area contributed by atoms with Crippen LogP contribution in [0, 0.1) is 11.6 Å². The molecule has 0 radical (unpaired) electrons. The van der Waals surface area contributed by atoms with Gasteiger partial charge in [-0.2, -0.15) is 0 Å². The van der Waals surface area contributed by atoms with Crippen LogP contribution in [0.2, 0.25) is 0 Å². The van der Waals surface area contributed by atoms with Crippen LogP contribution in [0.25, 0.3) is 5.57 Å². The van der Waals surface area contributed by atoms with Crippen LogP contribution < -0.4 is 5.32 Å². The number of nitrogens with one attached hydrogen (secondary N) is 1. The summed E-state index contributed by atoms with van der Waals surface area (Å²) in [5.41, 5.74) is 1.72. The Labute approximate surface area is 98.3 Å². The Morgan fingerprint density at radius 3 is 2.88 bits per heavy atom. The predicted molar refractivity (Wildman–Crippen MR) is 61.3 cm³/mol. The van der Waals surface area contributed by atoms with Gasteiger partial charge in [0.2, 0.25) is 5.91 Å². The van der Waals surface area contributed by atoms with E-state index in [1.807, 2.05) is 6.92 Å². The van der Waals surface area contributed by atoms with E-state index < -0.39 is 11.6 Å². The molecule has 1 aliphatic carbocycles. The normalized spacial score (nSPS) is 16.1. The molecule has 1 N–H and O–H groups in total. The molecular weight excluding hydrogens is 224 g/mol. The summed E-state index contributed by atoms with van der Waals surface area (Å²) in [5.74, 6) is -1.36. The van der Waals surface area contributed by atoms with Gasteiger partial charge in [0, 0.05) is 18.7 Å². The summed E-state index contributed by atoms with van der Waals surface area (Å²) >= 11 is 0. The Kier molecular flexibility index (Phi) is 3.22. The second-order valence-corrected chi connectivity index (χ2v) is 3.98. The molecule has 0 aromatic heterocycles.